The molecule has 142 valence electrons. The van der Waals surface area contributed by atoms with Crippen molar-refractivity contribution in [2.24, 2.45) is 0 Å². The summed E-state index contributed by atoms with van der Waals surface area (Å²) in [6, 6.07) is 11.4. The molecule has 9 heteroatoms. The Labute approximate surface area is 174 Å². The molecule has 0 saturated carbocycles. The number of aromatic nitrogens is 2. The first kappa shape index (κ1) is 20.4. The molecule has 2 aromatic carbocycles. The Morgan fingerprint density at radius 1 is 1.19 bits per heavy atom. The number of rotatable bonds is 6. The molecule has 0 N–H and O–H groups in total. The van der Waals surface area contributed by atoms with E-state index < -0.39 is 9.84 Å². The lowest BCUT2D eigenvalue weighted by Gasteiger charge is -2.11. The zero-order valence-corrected chi connectivity index (χ0v) is 18.3. The maximum absolute atomic E-state index is 12.7. The number of halogens is 2. The van der Waals surface area contributed by atoms with Crippen molar-refractivity contribution in [1.82, 2.24) is 9.55 Å². The summed E-state index contributed by atoms with van der Waals surface area (Å²) in [4.78, 5) is 17.5. The molecule has 1 aromatic heterocycles. The van der Waals surface area contributed by atoms with Crippen molar-refractivity contribution in [3.8, 4) is 0 Å². The summed E-state index contributed by atoms with van der Waals surface area (Å²) in [6.07, 6.45) is 0. The van der Waals surface area contributed by atoms with Crippen molar-refractivity contribution in [2.45, 2.75) is 23.5 Å². The second kappa shape index (κ2) is 8.34. The molecule has 5 nitrogen and oxygen atoms in total. The molecule has 0 radical (unpaired) electrons. The van der Waals surface area contributed by atoms with Crippen molar-refractivity contribution in [3.63, 3.8) is 0 Å². The van der Waals surface area contributed by atoms with Gasteiger partial charge in [0.05, 0.1) is 21.6 Å². The summed E-state index contributed by atoms with van der Waals surface area (Å²) < 4.78 is 27.3. The van der Waals surface area contributed by atoms with E-state index in [1.165, 1.54) is 23.9 Å². The molecular formula is C18H16BrClN2O3S2. The standard InChI is InChI=1S/C18H16BrClN2O3S2/c1-2-22-17(23)15-11-12(19)3-8-16(15)21-18(22)26-9-10-27(24,25)14-6-4-13(20)5-7-14/h3-8,11H,2,9-10H2,1H3. The van der Waals surface area contributed by atoms with Crippen LogP contribution in [0.5, 0.6) is 0 Å². The number of nitrogens with zero attached hydrogens (tertiary/aromatic N) is 2. The Kier molecular flexibility index (Phi) is 6.30. The predicted molar refractivity (Wildman–Crippen MR) is 114 cm³/mol. The number of hydrogen-bond acceptors (Lipinski definition) is 5. The van der Waals surface area contributed by atoms with Gasteiger partial charge in [-0.25, -0.2) is 13.4 Å². The summed E-state index contributed by atoms with van der Waals surface area (Å²) in [5.74, 6) is 0.233. The third-order valence-electron chi connectivity index (χ3n) is 3.95. The van der Waals surface area contributed by atoms with Gasteiger partial charge in [0.25, 0.3) is 5.56 Å². The smallest absolute Gasteiger partial charge is 0.262 e. The Hall–Kier alpha value is -1.35. The van der Waals surface area contributed by atoms with Crippen molar-refractivity contribution in [2.75, 3.05) is 11.5 Å². The SMILES string of the molecule is CCn1c(SCCS(=O)(=O)c2ccc(Cl)cc2)nc2ccc(Br)cc2c1=O. The highest BCUT2D eigenvalue weighted by Gasteiger charge is 2.16. The first-order valence-electron chi connectivity index (χ1n) is 8.13. The summed E-state index contributed by atoms with van der Waals surface area (Å²) in [5.41, 5.74) is 0.461. The molecule has 0 aliphatic heterocycles. The van der Waals surface area contributed by atoms with Gasteiger partial charge in [0.2, 0.25) is 0 Å². The van der Waals surface area contributed by atoms with Crippen LogP contribution in [0, 0.1) is 0 Å². The summed E-state index contributed by atoms with van der Waals surface area (Å²) in [5, 5.41) is 1.54. The average Bonchev–Trinajstić information content (AvgIpc) is 2.63. The fraction of sp³-hybridized carbons (Fsp3) is 0.222. The van der Waals surface area contributed by atoms with Gasteiger partial charge in [0.15, 0.2) is 15.0 Å². The van der Waals surface area contributed by atoms with Crippen LogP contribution < -0.4 is 5.56 Å². The van der Waals surface area contributed by atoms with Gasteiger partial charge in [-0.05, 0) is 49.4 Å². The van der Waals surface area contributed by atoms with Crippen molar-refractivity contribution >= 4 is 60.0 Å². The lowest BCUT2D eigenvalue weighted by atomic mass is 10.2. The van der Waals surface area contributed by atoms with E-state index >= 15 is 0 Å². The van der Waals surface area contributed by atoms with E-state index in [0.29, 0.717) is 33.4 Å². The zero-order chi connectivity index (χ0) is 19.6. The third-order valence-corrected chi connectivity index (χ3v) is 7.67. The molecule has 0 aliphatic rings. The van der Waals surface area contributed by atoms with Gasteiger partial charge in [-0.3, -0.25) is 9.36 Å². The van der Waals surface area contributed by atoms with Crippen LogP contribution >= 0.6 is 39.3 Å². The molecule has 3 aromatic rings. The van der Waals surface area contributed by atoms with Gasteiger partial charge < -0.3 is 0 Å². The minimum Gasteiger partial charge on any atom is -0.287 e. The molecular weight excluding hydrogens is 472 g/mol. The largest absolute Gasteiger partial charge is 0.287 e. The van der Waals surface area contributed by atoms with Crippen LogP contribution in [0.4, 0.5) is 0 Å². The Balaban J connectivity index is 1.83. The summed E-state index contributed by atoms with van der Waals surface area (Å²) >= 11 is 10.4. The normalized spacial score (nSPS) is 11.8. The number of hydrogen-bond donors (Lipinski definition) is 0. The molecule has 0 bridgehead atoms. The summed E-state index contributed by atoms with van der Waals surface area (Å²) in [7, 11) is -3.43. The molecule has 0 unspecified atom stereocenters. The number of sulfone groups is 1. The quantitative estimate of drug-likeness (QED) is 0.381. The maximum Gasteiger partial charge on any atom is 0.262 e. The minimum atomic E-state index is -3.43. The van der Waals surface area contributed by atoms with Crippen LogP contribution in [0.2, 0.25) is 5.02 Å². The van der Waals surface area contributed by atoms with Gasteiger partial charge in [-0.2, -0.15) is 0 Å². The maximum atomic E-state index is 12.7. The Morgan fingerprint density at radius 2 is 1.89 bits per heavy atom. The van der Waals surface area contributed by atoms with Gasteiger partial charge in [-0.15, -0.1) is 0 Å². The van der Waals surface area contributed by atoms with Gasteiger partial charge >= 0.3 is 0 Å². The van der Waals surface area contributed by atoms with Crippen molar-refractivity contribution in [3.05, 3.63) is 62.3 Å². The Bertz CT molecular complexity index is 1150. The first-order valence-corrected chi connectivity index (χ1v) is 11.9. The van der Waals surface area contributed by atoms with Crippen molar-refractivity contribution < 1.29 is 8.42 Å². The van der Waals surface area contributed by atoms with Crippen LogP contribution in [-0.2, 0) is 16.4 Å². The minimum absolute atomic E-state index is 0.0583. The first-order chi connectivity index (χ1) is 12.8. The van der Waals surface area contributed by atoms with E-state index in [0.717, 1.165) is 4.47 Å². The predicted octanol–water partition coefficient (Wildman–Crippen LogP) is 4.40. The highest BCUT2D eigenvalue weighted by molar-refractivity contribution is 9.10. The van der Waals surface area contributed by atoms with E-state index in [4.69, 9.17) is 11.6 Å². The van der Waals surface area contributed by atoms with E-state index in [2.05, 4.69) is 20.9 Å². The van der Waals surface area contributed by atoms with Crippen molar-refractivity contribution in [1.29, 1.82) is 0 Å². The topological polar surface area (TPSA) is 69.0 Å². The van der Waals surface area contributed by atoms with E-state index in [-0.39, 0.29) is 16.2 Å². The van der Waals surface area contributed by atoms with Crippen LogP contribution in [0.3, 0.4) is 0 Å². The lowest BCUT2D eigenvalue weighted by molar-refractivity contribution is 0.597. The van der Waals surface area contributed by atoms with Gasteiger partial charge in [0.1, 0.15) is 0 Å². The van der Waals surface area contributed by atoms with E-state index in [1.54, 1.807) is 28.8 Å². The van der Waals surface area contributed by atoms with Gasteiger partial charge in [0, 0.05) is 21.8 Å². The fourth-order valence-corrected chi connectivity index (χ4v) is 5.76. The molecule has 0 atom stereocenters. The number of benzene rings is 2. The molecule has 0 aliphatic carbocycles. The Morgan fingerprint density at radius 3 is 2.56 bits per heavy atom. The molecule has 27 heavy (non-hydrogen) atoms. The van der Waals surface area contributed by atoms with Crippen LogP contribution in [0.1, 0.15) is 6.92 Å². The van der Waals surface area contributed by atoms with Crippen LogP contribution in [0.25, 0.3) is 10.9 Å². The van der Waals surface area contributed by atoms with E-state index in [9.17, 15) is 13.2 Å². The fourth-order valence-electron chi connectivity index (χ4n) is 2.56. The monoisotopic (exact) mass is 486 g/mol. The molecule has 0 fully saturated rings. The highest BCUT2D eigenvalue weighted by atomic mass is 79.9. The van der Waals surface area contributed by atoms with E-state index in [1.807, 2.05) is 13.0 Å². The molecule has 0 amide bonds. The highest BCUT2D eigenvalue weighted by Crippen LogP contribution is 2.22. The van der Waals surface area contributed by atoms with Gasteiger partial charge in [-0.1, -0.05) is 39.3 Å². The molecule has 1 heterocycles. The summed E-state index contributed by atoms with van der Waals surface area (Å²) in [6.45, 7) is 2.32. The lowest BCUT2D eigenvalue weighted by Crippen LogP contribution is -2.23. The molecule has 0 spiro atoms. The van der Waals surface area contributed by atoms with Crippen LogP contribution in [-0.4, -0.2) is 29.5 Å². The second-order valence-corrected chi connectivity index (χ2v) is 10.2. The second-order valence-electron chi connectivity index (χ2n) is 5.73. The number of thioether (sulfide) groups is 1. The number of fused-ring (bicyclic) bond motifs is 1. The third kappa shape index (κ3) is 4.56. The molecule has 0 saturated heterocycles. The zero-order valence-electron chi connectivity index (χ0n) is 14.4. The molecule has 3 rings (SSSR count). The average molecular weight is 488 g/mol. The van der Waals surface area contributed by atoms with Crippen LogP contribution in [0.15, 0.2) is 61.8 Å².